The van der Waals surface area contributed by atoms with E-state index in [0.29, 0.717) is 12.5 Å². The van der Waals surface area contributed by atoms with Crippen molar-refractivity contribution < 1.29 is 4.79 Å². The molecule has 4 rings (SSSR count). The maximum atomic E-state index is 12.3. The second kappa shape index (κ2) is 5.73. The van der Waals surface area contributed by atoms with Crippen LogP contribution in [0.3, 0.4) is 0 Å². The van der Waals surface area contributed by atoms with Crippen molar-refractivity contribution in [1.82, 2.24) is 5.32 Å². The van der Waals surface area contributed by atoms with Crippen LogP contribution in [-0.4, -0.2) is 18.1 Å². The molecule has 2 aliphatic heterocycles. The van der Waals surface area contributed by atoms with E-state index in [1.807, 2.05) is 6.07 Å². The van der Waals surface area contributed by atoms with E-state index in [1.54, 1.807) is 0 Å². The SMILES string of the molecule is CC(C)c1ccc(/C=C/[C@]23NC(=O)CN2c2ccccc2C3(C)C)cc1. The third-order valence-electron chi connectivity index (χ3n) is 6.00. The molecule has 134 valence electrons. The molecule has 2 heterocycles. The minimum Gasteiger partial charge on any atom is -0.335 e. The van der Waals surface area contributed by atoms with Gasteiger partial charge in [0.1, 0.15) is 5.66 Å². The van der Waals surface area contributed by atoms with Gasteiger partial charge in [-0.3, -0.25) is 4.79 Å². The van der Waals surface area contributed by atoms with Gasteiger partial charge in [0.25, 0.3) is 0 Å². The molecule has 0 radical (unpaired) electrons. The molecular formula is C23H26N2O. The van der Waals surface area contributed by atoms with Gasteiger partial charge in [-0.1, -0.05) is 76.2 Å². The summed E-state index contributed by atoms with van der Waals surface area (Å²) in [4.78, 5) is 14.5. The standard InChI is InChI=1S/C23H26N2O/c1-16(2)18-11-9-17(10-12-18)13-14-23-22(3,4)19-7-5-6-8-20(19)25(23)15-21(26)24-23/h5-14,16H,15H2,1-4H3,(H,24,26)/b14-13+/t23-/m0/s1. The summed E-state index contributed by atoms with van der Waals surface area (Å²) in [5.41, 5.74) is 4.17. The number of benzene rings is 2. The van der Waals surface area contributed by atoms with Gasteiger partial charge < -0.3 is 10.2 Å². The Balaban J connectivity index is 1.75. The maximum Gasteiger partial charge on any atom is 0.241 e. The van der Waals surface area contributed by atoms with Crippen LogP contribution < -0.4 is 10.2 Å². The van der Waals surface area contributed by atoms with Gasteiger partial charge in [-0.15, -0.1) is 0 Å². The van der Waals surface area contributed by atoms with E-state index in [2.05, 4.69) is 92.5 Å². The number of nitrogens with zero attached hydrogens (tertiary/aromatic N) is 1. The fourth-order valence-electron chi connectivity index (χ4n) is 4.35. The second-order valence-electron chi connectivity index (χ2n) is 8.20. The molecule has 2 aliphatic rings. The Morgan fingerprint density at radius 2 is 1.77 bits per heavy atom. The number of rotatable bonds is 3. The Morgan fingerprint density at radius 3 is 2.46 bits per heavy atom. The van der Waals surface area contributed by atoms with E-state index < -0.39 is 5.66 Å². The van der Waals surface area contributed by atoms with Crippen molar-refractivity contribution in [3.63, 3.8) is 0 Å². The van der Waals surface area contributed by atoms with Gasteiger partial charge in [0, 0.05) is 11.1 Å². The first-order chi connectivity index (χ1) is 12.3. The van der Waals surface area contributed by atoms with E-state index >= 15 is 0 Å². The fraction of sp³-hybridized carbons (Fsp3) is 0.348. The van der Waals surface area contributed by atoms with Crippen LogP contribution in [-0.2, 0) is 10.2 Å². The number of fused-ring (bicyclic) bond motifs is 3. The highest BCUT2D eigenvalue weighted by Crippen LogP contribution is 2.52. The molecule has 0 saturated carbocycles. The molecule has 1 fully saturated rings. The van der Waals surface area contributed by atoms with E-state index in [0.717, 1.165) is 11.3 Å². The largest absolute Gasteiger partial charge is 0.335 e. The highest BCUT2D eigenvalue weighted by Gasteiger charge is 2.59. The summed E-state index contributed by atoms with van der Waals surface area (Å²) >= 11 is 0. The Morgan fingerprint density at radius 1 is 1.08 bits per heavy atom. The van der Waals surface area contributed by atoms with Gasteiger partial charge in [0.2, 0.25) is 5.91 Å². The Bertz CT molecular complexity index is 879. The molecule has 1 amide bonds. The van der Waals surface area contributed by atoms with Gasteiger partial charge in [-0.25, -0.2) is 0 Å². The zero-order chi connectivity index (χ0) is 18.5. The van der Waals surface area contributed by atoms with Crippen LogP contribution in [0, 0.1) is 0 Å². The first kappa shape index (κ1) is 16.9. The molecule has 0 unspecified atom stereocenters. The Labute approximate surface area is 155 Å². The van der Waals surface area contributed by atoms with E-state index in [4.69, 9.17) is 0 Å². The molecule has 0 spiro atoms. The monoisotopic (exact) mass is 346 g/mol. The van der Waals surface area contributed by atoms with E-state index in [1.165, 1.54) is 11.1 Å². The summed E-state index contributed by atoms with van der Waals surface area (Å²) in [6.45, 7) is 9.23. The topological polar surface area (TPSA) is 32.3 Å². The smallest absolute Gasteiger partial charge is 0.241 e. The van der Waals surface area contributed by atoms with Crippen molar-refractivity contribution in [3.8, 4) is 0 Å². The van der Waals surface area contributed by atoms with Crippen molar-refractivity contribution in [2.24, 2.45) is 0 Å². The highest BCUT2D eigenvalue weighted by molar-refractivity contribution is 5.91. The van der Waals surface area contributed by atoms with Crippen molar-refractivity contribution in [2.45, 2.75) is 44.7 Å². The van der Waals surface area contributed by atoms with Crippen LogP contribution >= 0.6 is 0 Å². The summed E-state index contributed by atoms with van der Waals surface area (Å²) in [7, 11) is 0. The van der Waals surface area contributed by atoms with Crippen molar-refractivity contribution >= 4 is 17.7 Å². The number of amides is 1. The van der Waals surface area contributed by atoms with Gasteiger partial charge in [0.05, 0.1) is 6.54 Å². The highest BCUT2D eigenvalue weighted by atomic mass is 16.2. The van der Waals surface area contributed by atoms with Gasteiger partial charge in [-0.05, 0) is 34.8 Å². The lowest BCUT2D eigenvalue weighted by molar-refractivity contribution is -0.118. The summed E-state index contributed by atoms with van der Waals surface area (Å²) < 4.78 is 0. The minimum atomic E-state index is -0.523. The number of carbonyl (C=O) groups is 1. The van der Waals surface area contributed by atoms with Gasteiger partial charge in [-0.2, -0.15) is 0 Å². The number of nitrogens with one attached hydrogen (secondary N) is 1. The molecule has 3 heteroatoms. The molecule has 0 aromatic heterocycles. The lowest BCUT2D eigenvalue weighted by Crippen LogP contribution is -2.58. The lowest BCUT2D eigenvalue weighted by atomic mass is 9.75. The first-order valence-electron chi connectivity index (χ1n) is 9.32. The normalized spacial score (nSPS) is 23.4. The minimum absolute atomic E-state index is 0.0763. The molecule has 3 nitrogen and oxygen atoms in total. The summed E-state index contributed by atoms with van der Waals surface area (Å²) in [6.07, 6.45) is 4.30. The average Bonchev–Trinajstić information content (AvgIpc) is 3.05. The number of carbonyl (C=O) groups excluding carboxylic acids is 1. The zero-order valence-corrected chi connectivity index (χ0v) is 15.9. The Kier molecular flexibility index (Phi) is 3.72. The predicted octanol–water partition coefficient (Wildman–Crippen LogP) is 4.45. The van der Waals surface area contributed by atoms with Gasteiger partial charge >= 0.3 is 0 Å². The maximum absolute atomic E-state index is 12.3. The van der Waals surface area contributed by atoms with E-state index in [-0.39, 0.29) is 11.3 Å². The summed E-state index contributed by atoms with van der Waals surface area (Å²) in [6, 6.07) is 17.1. The Hall–Kier alpha value is -2.55. The first-order valence-corrected chi connectivity index (χ1v) is 9.32. The van der Waals surface area contributed by atoms with Crippen LogP contribution in [0.5, 0.6) is 0 Å². The lowest BCUT2D eigenvalue weighted by Gasteiger charge is -2.40. The summed E-state index contributed by atoms with van der Waals surface area (Å²) in [5, 5.41) is 3.27. The molecule has 1 atom stereocenters. The molecule has 0 aliphatic carbocycles. The fourth-order valence-corrected chi connectivity index (χ4v) is 4.35. The number of para-hydroxylation sites is 1. The van der Waals surface area contributed by atoms with Gasteiger partial charge in [0.15, 0.2) is 0 Å². The molecule has 2 aromatic carbocycles. The second-order valence-corrected chi connectivity index (χ2v) is 8.20. The van der Waals surface area contributed by atoms with Crippen LogP contribution in [0.1, 0.15) is 50.3 Å². The average molecular weight is 346 g/mol. The zero-order valence-electron chi connectivity index (χ0n) is 15.9. The number of hydrogen-bond acceptors (Lipinski definition) is 2. The van der Waals surface area contributed by atoms with E-state index in [9.17, 15) is 4.79 Å². The summed E-state index contributed by atoms with van der Waals surface area (Å²) in [5.74, 6) is 0.604. The van der Waals surface area contributed by atoms with Crippen LogP contribution in [0.2, 0.25) is 0 Å². The number of anilines is 1. The van der Waals surface area contributed by atoms with Crippen LogP contribution in [0.15, 0.2) is 54.6 Å². The molecule has 1 saturated heterocycles. The molecular weight excluding hydrogens is 320 g/mol. The molecule has 26 heavy (non-hydrogen) atoms. The molecule has 0 bridgehead atoms. The van der Waals surface area contributed by atoms with Crippen molar-refractivity contribution in [1.29, 1.82) is 0 Å². The molecule has 1 N–H and O–H groups in total. The van der Waals surface area contributed by atoms with Crippen molar-refractivity contribution in [2.75, 3.05) is 11.4 Å². The van der Waals surface area contributed by atoms with Crippen LogP contribution in [0.4, 0.5) is 5.69 Å². The number of hydrogen-bond donors (Lipinski definition) is 1. The third-order valence-corrected chi connectivity index (χ3v) is 6.00. The predicted molar refractivity (Wildman–Crippen MR) is 107 cm³/mol. The third kappa shape index (κ3) is 2.30. The quantitative estimate of drug-likeness (QED) is 0.891. The van der Waals surface area contributed by atoms with Crippen LogP contribution in [0.25, 0.3) is 6.08 Å². The molecule has 2 aromatic rings. The van der Waals surface area contributed by atoms with Crippen molar-refractivity contribution in [3.05, 3.63) is 71.3 Å².